The third-order valence-electron chi connectivity index (χ3n) is 22.0. The van der Waals surface area contributed by atoms with E-state index < -0.39 is 205 Å². The molecule has 1 aromatic carbocycles. The molecule has 0 radical (unpaired) electrons. The van der Waals surface area contributed by atoms with E-state index in [1.807, 2.05) is 24.3 Å². The number of fused-ring (bicyclic) bond motifs is 4. The van der Waals surface area contributed by atoms with Crippen LogP contribution in [0.25, 0.3) is 0 Å². The van der Waals surface area contributed by atoms with Crippen LogP contribution in [0.1, 0.15) is 194 Å². The summed E-state index contributed by atoms with van der Waals surface area (Å²) in [5, 5.41) is 86.2. The molecule has 36 heteroatoms. The third-order valence-corrected chi connectivity index (χ3v) is 24.1. The standard InChI is InChI=1S/C76H120F2N14O18S2/c1-8-12-50-65(101)84-52(25-26-59(98)99)66(102)85-53(31-42-17-21-47(95)22-18-42)68(104)83-51(13-9-2)67(103)90-60(40(3)93)72(108)88-56(63(79)100)38-112-37-45-15-10-14-44(30-45)36-111-29-27-58(97)89-62(75(5,6)7)73(109)87-55(32-43-19-23-48(96)24-20-43)74(110)92-39-76(77,78)34-57(92)70(106)91-61(41(4)94)71(107)86-54(69(105)82-50)33-46-35-81-64-49(46)16-11-28-80-64/h10,14-15,30,40-43,46-57,60-62,64,80-81,93-96H,8-9,11-13,16-29,31-39H2,1-7H3,(H2,79,100)(H,82,105)(H,83,104)(H,84,101)(H,85,102)(H,86,107)(H,87,109)(H,88,108)(H,89,97)(H,90,103)(H,91,106)(H,98,99)/t40-,41-,42?,43?,46?,47?,48?,49?,50+,51+,52+,53+,54+,55+,56+,57+,60+,61+,62-,64?/m1/s1. The van der Waals surface area contributed by atoms with Crippen LogP contribution >= 0.6 is 23.5 Å². The zero-order valence-corrected chi connectivity index (χ0v) is 66.9. The average molecular weight is 1620 g/mol. The first kappa shape index (κ1) is 91.8. The lowest BCUT2D eigenvalue weighted by Crippen LogP contribution is -2.62. The molecule has 0 aromatic heterocycles. The number of thioether (sulfide) groups is 2. The number of halogens is 2. The van der Waals surface area contributed by atoms with Gasteiger partial charge in [-0.15, -0.1) is 0 Å². The summed E-state index contributed by atoms with van der Waals surface area (Å²) >= 11 is 2.66. The van der Waals surface area contributed by atoms with Crippen molar-refractivity contribution in [3.63, 3.8) is 0 Å². The van der Waals surface area contributed by atoms with Gasteiger partial charge in [0.15, 0.2) is 0 Å². The first-order chi connectivity index (χ1) is 52.9. The van der Waals surface area contributed by atoms with E-state index in [2.05, 4.69) is 63.8 Å². The van der Waals surface area contributed by atoms with Gasteiger partial charge in [0.1, 0.15) is 66.5 Å². The Morgan fingerprint density at radius 2 is 1.08 bits per heavy atom. The largest absolute Gasteiger partial charge is 0.481 e. The fourth-order valence-corrected chi connectivity index (χ4v) is 17.5. The van der Waals surface area contributed by atoms with Crippen LogP contribution in [-0.2, 0) is 73.8 Å². The van der Waals surface area contributed by atoms with E-state index in [0.717, 1.165) is 24.5 Å². The second-order valence-electron chi connectivity index (χ2n) is 32.3. The van der Waals surface area contributed by atoms with E-state index >= 15 is 18.4 Å². The fraction of sp³-hybridized carbons (Fsp3) is 0.750. The molecular weight excluding hydrogens is 1500 g/mol. The minimum absolute atomic E-state index is 0.0412. The molecule has 7 rings (SSSR count). The zero-order valence-electron chi connectivity index (χ0n) is 65.3. The molecule has 2 bridgehead atoms. The maximum Gasteiger partial charge on any atom is 0.303 e. The number of aliphatic hydroxyl groups is 4. The molecule has 12 amide bonds. The summed E-state index contributed by atoms with van der Waals surface area (Å²) < 4.78 is 32.1. The number of carbonyl (C=O) groups excluding carboxylic acids is 12. The van der Waals surface area contributed by atoms with Gasteiger partial charge >= 0.3 is 5.97 Å². The van der Waals surface area contributed by atoms with Crippen LogP contribution in [0.2, 0.25) is 0 Å². The number of aliphatic hydroxyl groups excluding tert-OH is 4. The molecule has 2 saturated carbocycles. The minimum Gasteiger partial charge on any atom is -0.481 e. The molecule has 3 unspecified atom stereocenters. The van der Waals surface area contributed by atoms with Gasteiger partial charge in [-0.25, -0.2) is 8.78 Å². The maximum atomic E-state index is 16.0. The van der Waals surface area contributed by atoms with Crippen molar-refractivity contribution in [2.24, 2.45) is 34.8 Å². The predicted octanol–water partition coefficient (Wildman–Crippen LogP) is 0.216. The van der Waals surface area contributed by atoms with Crippen molar-refractivity contribution < 1.29 is 96.6 Å². The predicted molar refractivity (Wildman–Crippen MR) is 412 cm³/mol. The summed E-state index contributed by atoms with van der Waals surface area (Å²) in [5.41, 5.74) is 6.48. The number of hydrogen-bond donors (Lipinski definition) is 18. The highest BCUT2D eigenvalue weighted by molar-refractivity contribution is 7.98. The number of benzene rings is 1. The van der Waals surface area contributed by atoms with Crippen LogP contribution in [0.5, 0.6) is 0 Å². The Bertz CT molecular complexity index is 3420. The highest BCUT2D eigenvalue weighted by Gasteiger charge is 2.53. The number of primary amides is 1. The lowest BCUT2D eigenvalue weighted by atomic mass is 9.82. The molecule has 3 saturated heterocycles. The van der Waals surface area contributed by atoms with Crippen molar-refractivity contribution in [3.05, 3.63) is 35.4 Å². The number of carbonyl (C=O) groups is 13. The van der Waals surface area contributed by atoms with Crippen LogP contribution in [0.3, 0.4) is 0 Å². The molecule has 2 aliphatic carbocycles. The van der Waals surface area contributed by atoms with Gasteiger partial charge in [-0.3, -0.25) is 62.3 Å². The van der Waals surface area contributed by atoms with Gasteiger partial charge in [0.25, 0.3) is 5.92 Å². The molecule has 1 aromatic rings. The quantitative estimate of drug-likeness (QED) is 0.105. The Hall–Kier alpha value is -7.35. The normalized spacial score (nSPS) is 32.3. The van der Waals surface area contributed by atoms with Crippen LogP contribution < -0.4 is 69.5 Å². The molecule has 4 aliphatic heterocycles. The van der Waals surface area contributed by atoms with Crippen LogP contribution in [-0.4, -0.2) is 241 Å². The molecule has 5 fully saturated rings. The van der Waals surface area contributed by atoms with Crippen LogP contribution in [0.15, 0.2) is 24.3 Å². The minimum atomic E-state index is -3.70. The van der Waals surface area contributed by atoms with Crippen LogP contribution in [0.4, 0.5) is 8.78 Å². The Balaban J connectivity index is 1.23. The summed E-state index contributed by atoms with van der Waals surface area (Å²) in [7, 11) is 0. The van der Waals surface area contributed by atoms with Gasteiger partial charge < -0.3 is 100.0 Å². The number of alkyl halides is 2. The summed E-state index contributed by atoms with van der Waals surface area (Å²) in [5.74, 6) is -16.8. The summed E-state index contributed by atoms with van der Waals surface area (Å²) in [6, 6.07) is -10.1. The molecule has 16 atom stereocenters. The second kappa shape index (κ2) is 43.4. The first-order valence-electron chi connectivity index (χ1n) is 39.6. The highest BCUT2D eigenvalue weighted by Crippen LogP contribution is 2.37. The first-order valence-corrected chi connectivity index (χ1v) is 41.9. The Kier molecular flexibility index (Phi) is 35.6. The number of piperidine rings is 1. The number of nitrogens with one attached hydrogen (secondary N) is 12. The number of nitrogens with zero attached hydrogens (tertiary/aromatic N) is 1. The van der Waals surface area contributed by atoms with Gasteiger partial charge in [0.05, 0.1) is 37.1 Å². The van der Waals surface area contributed by atoms with E-state index in [-0.39, 0.29) is 92.7 Å². The average Bonchev–Trinajstić information content (AvgIpc) is 1.63. The molecule has 19 N–H and O–H groups in total. The van der Waals surface area contributed by atoms with Gasteiger partial charge in [-0.1, -0.05) is 71.7 Å². The maximum absolute atomic E-state index is 16.0. The number of rotatable bonds is 16. The zero-order chi connectivity index (χ0) is 82.3. The summed E-state index contributed by atoms with van der Waals surface area (Å²) in [6.45, 7) is 10.5. The third kappa shape index (κ3) is 28.0. The Labute approximate surface area is 661 Å². The van der Waals surface area contributed by atoms with Crippen molar-refractivity contribution >= 4 is 100 Å². The number of nitrogens with two attached hydrogens (primary N) is 1. The van der Waals surface area contributed by atoms with Crippen LogP contribution in [0, 0.1) is 29.1 Å². The SMILES string of the molecule is CCC[C@@H]1NC(=O)[C@H](CC2CNC3NCCCC23)NC(=O)[C@H]([C@@H](C)O)NC(=O)[C@@H]2CC(F)(F)CN2C(=O)[C@H](CC2CCC(O)CC2)NC(=O)[C@H](C(C)(C)C)NC(=O)CCSCc2cccc(c2)CSC[C@@H](C(N)=O)NC(=O)[C@H]([C@@H](C)O)NC(=O)[C@H](CCC)NC(=O)[C@H](CC2CCC(O)CC2)NC(=O)[C@H](CCC(=O)O)NC1=O. The van der Waals surface area contributed by atoms with E-state index in [0.29, 0.717) is 87.3 Å². The Morgan fingerprint density at radius 3 is 1.62 bits per heavy atom. The second-order valence-corrected chi connectivity index (χ2v) is 34.4. The van der Waals surface area contributed by atoms with Crippen molar-refractivity contribution in [1.82, 2.24) is 68.7 Å². The Morgan fingerprint density at radius 1 is 0.598 bits per heavy atom. The lowest BCUT2D eigenvalue weighted by Gasteiger charge is -2.35. The molecule has 628 valence electrons. The van der Waals surface area contributed by atoms with E-state index in [9.17, 15) is 78.3 Å². The molecule has 32 nitrogen and oxygen atoms in total. The van der Waals surface area contributed by atoms with E-state index in [1.165, 1.54) is 30.4 Å². The van der Waals surface area contributed by atoms with Crippen molar-refractivity contribution in [1.29, 1.82) is 0 Å². The number of carboxylic acid groups (broad SMARTS) is 1. The van der Waals surface area contributed by atoms with Crippen molar-refractivity contribution in [3.8, 4) is 0 Å². The van der Waals surface area contributed by atoms with Gasteiger partial charge in [0, 0.05) is 42.3 Å². The van der Waals surface area contributed by atoms with E-state index in [1.54, 1.807) is 34.6 Å². The molecule has 0 spiro atoms. The molecule has 112 heavy (non-hydrogen) atoms. The summed E-state index contributed by atoms with van der Waals surface area (Å²) in [6.07, 6.45) is -2.86. The van der Waals surface area contributed by atoms with Crippen molar-refractivity contribution in [2.45, 2.75) is 298 Å². The number of amides is 12. The number of hydrogen-bond acceptors (Lipinski definition) is 21. The van der Waals surface area contributed by atoms with Crippen molar-refractivity contribution in [2.75, 3.05) is 31.1 Å². The monoisotopic (exact) mass is 1620 g/mol. The van der Waals surface area contributed by atoms with E-state index in [4.69, 9.17) is 5.73 Å². The molecule has 4 heterocycles. The number of aliphatic carboxylic acids is 1. The number of carboxylic acids is 1. The summed E-state index contributed by atoms with van der Waals surface area (Å²) in [4.78, 5) is 187. The smallest absolute Gasteiger partial charge is 0.303 e. The van der Waals surface area contributed by atoms with Gasteiger partial charge in [-0.05, 0) is 170 Å². The highest BCUT2D eigenvalue weighted by atomic mass is 32.2. The van der Waals surface area contributed by atoms with Gasteiger partial charge in [-0.2, -0.15) is 23.5 Å². The van der Waals surface area contributed by atoms with Gasteiger partial charge in [0.2, 0.25) is 70.9 Å². The molecule has 6 aliphatic rings. The lowest BCUT2D eigenvalue weighted by molar-refractivity contribution is -0.144. The molecular formula is C76H120F2N14O18S2. The topological polar surface area (TPSA) is 497 Å². The fourth-order valence-electron chi connectivity index (χ4n) is 15.6.